The van der Waals surface area contributed by atoms with Crippen molar-refractivity contribution in [3.05, 3.63) is 17.7 Å². The number of nitrogens with zero attached hydrogens (tertiary/aromatic N) is 2. The molecule has 2 heterocycles. The van der Waals surface area contributed by atoms with E-state index in [2.05, 4.69) is 36.2 Å². The zero-order valence-electron chi connectivity index (χ0n) is 11.5. The first-order valence-corrected chi connectivity index (χ1v) is 7.53. The summed E-state index contributed by atoms with van der Waals surface area (Å²) in [6.45, 7) is 3.53. The molecule has 1 aromatic carbocycles. The van der Waals surface area contributed by atoms with Crippen molar-refractivity contribution in [3.63, 3.8) is 0 Å². The number of amides is 1. The van der Waals surface area contributed by atoms with Crippen LogP contribution >= 0.6 is 15.9 Å². The Balaban J connectivity index is 2.12. The van der Waals surface area contributed by atoms with E-state index >= 15 is 0 Å². The number of ether oxygens (including phenoxy) is 1. The molecule has 7 nitrogen and oxygen atoms in total. The fourth-order valence-electron chi connectivity index (χ4n) is 2.44. The molecule has 0 aliphatic carbocycles. The van der Waals surface area contributed by atoms with Gasteiger partial charge in [-0.3, -0.25) is 4.79 Å². The van der Waals surface area contributed by atoms with Gasteiger partial charge >= 0.3 is 0 Å². The number of aromatic nitrogens is 2. The van der Waals surface area contributed by atoms with E-state index in [4.69, 9.17) is 4.74 Å². The Morgan fingerprint density at radius 3 is 2.76 bits per heavy atom. The van der Waals surface area contributed by atoms with Crippen molar-refractivity contribution in [2.45, 2.75) is 31.6 Å². The van der Waals surface area contributed by atoms with Gasteiger partial charge in [0.15, 0.2) is 0 Å². The van der Waals surface area contributed by atoms with Gasteiger partial charge in [-0.25, -0.2) is 4.63 Å². The van der Waals surface area contributed by atoms with Crippen molar-refractivity contribution < 1.29 is 19.3 Å². The summed E-state index contributed by atoms with van der Waals surface area (Å²) < 4.78 is 10.5. The Kier molecular flexibility index (Phi) is 3.37. The standard InChI is InChI=1S/C13H14BrN3O4/c1-13(2)12(19)11(15-10(18)5-14)6-3-7-8(17-21-16-7)4-9(6)20-13/h3-4,11-12,19H,5H2,1-2H3,(H,15,18). The van der Waals surface area contributed by atoms with Crippen LogP contribution < -0.4 is 10.1 Å². The molecule has 0 radical (unpaired) electrons. The lowest BCUT2D eigenvalue weighted by atomic mass is 9.86. The number of hydrogen-bond donors (Lipinski definition) is 2. The molecule has 2 unspecified atom stereocenters. The molecule has 21 heavy (non-hydrogen) atoms. The summed E-state index contributed by atoms with van der Waals surface area (Å²) in [5.41, 5.74) is 0.912. The maximum Gasteiger partial charge on any atom is 0.231 e. The van der Waals surface area contributed by atoms with E-state index in [1.54, 1.807) is 26.0 Å². The van der Waals surface area contributed by atoms with Crippen LogP contribution in [0.1, 0.15) is 25.5 Å². The van der Waals surface area contributed by atoms with Crippen LogP contribution in [0.4, 0.5) is 0 Å². The number of aliphatic hydroxyl groups excluding tert-OH is 1. The van der Waals surface area contributed by atoms with Crippen molar-refractivity contribution in [3.8, 4) is 5.75 Å². The zero-order valence-corrected chi connectivity index (χ0v) is 13.0. The van der Waals surface area contributed by atoms with Gasteiger partial charge in [-0.1, -0.05) is 15.9 Å². The molecule has 3 rings (SSSR count). The minimum atomic E-state index is -0.898. The summed E-state index contributed by atoms with van der Waals surface area (Å²) in [7, 11) is 0. The number of halogens is 1. The average molecular weight is 356 g/mol. The Morgan fingerprint density at radius 2 is 2.10 bits per heavy atom. The number of alkyl halides is 1. The van der Waals surface area contributed by atoms with Crippen LogP contribution in [0.2, 0.25) is 0 Å². The van der Waals surface area contributed by atoms with Crippen molar-refractivity contribution in [2.75, 3.05) is 5.33 Å². The summed E-state index contributed by atoms with van der Waals surface area (Å²) in [6.07, 6.45) is -0.898. The monoisotopic (exact) mass is 355 g/mol. The largest absolute Gasteiger partial charge is 0.485 e. The van der Waals surface area contributed by atoms with Crippen LogP contribution in [0.5, 0.6) is 5.75 Å². The lowest BCUT2D eigenvalue weighted by molar-refractivity contribution is -0.123. The van der Waals surface area contributed by atoms with Gasteiger partial charge in [-0.15, -0.1) is 0 Å². The van der Waals surface area contributed by atoms with Gasteiger partial charge in [-0.2, -0.15) is 0 Å². The number of nitrogens with one attached hydrogen (secondary N) is 1. The molecule has 1 amide bonds. The first kappa shape index (κ1) is 14.3. The highest BCUT2D eigenvalue weighted by atomic mass is 79.9. The second-order valence-electron chi connectivity index (χ2n) is 5.47. The molecule has 1 aromatic heterocycles. The van der Waals surface area contributed by atoms with Crippen molar-refractivity contribution >= 4 is 32.9 Å². The number of rotatable bonds is 2. The minimum Gasteiger partial charge on any atom is -0.485 e. The van der Waals surface area contributed by atoms with E-state index in [0.29, 0.717) is 22.3 Å². The normalized spacial score (nSPS) is 23.4. The molecule has 1 aliphatic rings. The number of aliphatic hydroxyl groups is 1. The highest BCUT2D eigenvalue weighted by Gasteiger charge is 2.43. The molecular weight excluding hydrogens is 342 g/mol. The van der Waals surface area contributed by atoms with Gasteiger partial charge in [0.2, 0.25) is 5.91 Å². The van der Waals surface area contributed by atoms with E-state index in [0.717, 1.165) is 0 Å². The molecule has 0 spiro atoms. The minimum absolute atomic E-state index is 0.153. The molecule has 0 fully saturated rings. The molecule has 2 atom stereocenters. The van der Waals surface area contributed by atoms with E-state index in [1.165, 1.54) is 0 Å². The summed E-state index contributed by atoms with van der Waals surface area (Å²) in [6, 6.07) is 2.82. The molecule has 8 heteroatoms. The predicted molar refractivity (Wildman–Crippen MR) is 77.2 cm³/mol. The highest BCUT2D eigenvalue weighted by molar-refractivity contribution is 9.09. The van der Waals surface area contributed by atoms with Crippen LogP contribution in [-0.4, -0.2) is 38.4 Å². The van der Waals surface area contributed by atoms with Crippen molar-refractivity contribution in [1.29, 1.82) is 0 Å². The summed E-state index contributed by atoms with van der Waals surface area (Å²) in [5.74, 6) is 0.328. The Morgan fingerprint density at radius 1 is 1.43 bits per heavy atom. The molecule has 0 saturated carbocycles. The number of benzene rings is 1. The third-order valence-corrected chi connectivity index (χ3v) is 4.07. The van der Waals surface area contributed by atoms with Gasteiger partial charge in [-0.05, 0) is 30.2 Å². The van der Waals surface area contributed by atoms with E-state index in [1.807, 2.05) is 0 Å². The summed E-state index contributed by atoms with van der Waals surface area (Å²) in [4.78, 5) is 11.7. The molecule has 2 aromatic rings. The van der Waals surface area contributed by atoms with Gasteiger partial charge in [0.25, 0.3) is 0 Å². The lowest BCUT2D eigenvalue weighted by Crippen LogP contribution is -2.53. The molecule has 0 bridgehead atoms. The van der Waals surface area contributed by atoms with E-state index < -0.39 is 17.7 Å². The maximum atomic E-state index is 11.7. The Labute approximate surface area is 128 Å². The smallest absolute Gasteiger partial charge is 0.231 e. The summed E-state index contributed by atoms with van der Waals surface area (Å²) in [5, 5.41) is 21.0. The van der Waals surface area contributed by atoms with Crippen LogP contribution in [-0.2, 0) is 4.79 Å². The fourth-order valence-corrected chi connectivity index (χ4v) is 2.61. The second-order valence-corrected chi connectivity index (χ2v) is 6.03. The van der Waals surface area contributed by atoms with Crippen LogP contribution in [0, 0.1) is 0 Å². The Hall–Kier alpha value is -1.67. The SMILES string of the molecule is CC1(C)Oc2cc3nonc3cc2C(NC(=O)CBr)C1O. The average Bonchev–Trinajstić information content (AvgIpc) is 2.88. The third-order valence-electron chi connectivity index (χ3n) is 3.56. The zero-order chi connectivity index (χ0) is 15.2. The van der Waals surface area contributed by atoms with Gasteiger partial charge in [0.1, 0.15) is 28.5 Å². The van der Waals surface area contributed by atoms with Gasteiger partial charge in [0.05, 0.1) is 11.4 Å². The molecular formula is C13H14BrN3O4. The first-order valence-electron chi connectivity index (χ1n) is 6.41. The predicted octanol–water partition coefficient (Wildman–Crippen LogP) is 1.31. The molecule has 1 aliphatic heterocycles. The third kappa shape index (κ3) is 2.38. The van der Waals surface area contributed by atoms with Crippen molar-refractivity contribution in [1.82, 2.24) is 15.6 Å². The highest BCUT2D eigenvalue weighted by Crippen LogP contribution is 2.41. The maximum absolute atomic E-state index is 11.7. The van der Waals surface area contributed by atoms with Gasteiger partial charge in [0, 0.05) is 11.6 Å². The van der Waals surface area contributed by atoms with Crippen LogP contribution in [0.25, 0.3) is 11.0 Å². The number of hydrogen-bond acceptors (Lipinski definition) is 6. The van der Waals surface area contributed by atoms with E-state index in [-0.39, 0.29) is 11.2 Å². The lowest BCUT2D eigenvalue weighted by Gasteiger charge is -2.42. The Bertz CT molecular complexity index is 700. The van der Waals surface area contributed by atoms with Crippen LogP contribution in [0.3, 0.4) is 0 Å². The molecule has 0 saturated heterocycles. The molecule has 112 valence electrons. The van der Waals surface area contributed by atoms with E-state index in [9.17, 15) is 9.90 Å². The number of fused-ring (bicyclic) bond motifs is 2. The molecule has 2 N–H and O–H groups in total. The first-order chi connectivity index (χ1) is 9.92. The van der Waals surface area contributed by atoms with Crippen LogP contribution in [0.15, 0.2) is 16.8 Å². The quantitative estimate of drug-likeness (QED) is 0.788. The second kappa shape index (κ2) is 4.96. The van der Waals surface area contributed by atoms with Crippen molar-refractivity contribution in [2.24, 2.45) is 0 Å². The summed E-state index contributed by atoms with van der Waals surface area (Å²) >= 11 is 3.10. The fraction of sp³-hybridized carbons (Fsp3) is 0.462. The topological polar surface area (TPSA) is 97.5 Å². The number of carbonyl (C=O) groups excluding carboxylic acids is 1. The van der Waals surface area contributed by atoms with Gasteiger partial charge < -0.3 is 15.2 Å². The number of carbonyl (C=O) groups is 1.